The van der Waals surface area contributed by atoms with E-state index in [1.165, 1.54) is 12.0 Å². The van der Waals surface area contributed by atoms with Gasteiger partial charge in [-0.05, 0) is 48.5 Å². The normalized spacial score (nSPS) is 12.0. The number of benzene rings is 2. The molecule has 3 aromatic rings. The summed E-state index contributed by atoms with van der Waals surface area (Å²) in [5.74, 6) is 0.154. The monoisotopic (exact) mass is 380 g/mol. The molecule has 0 bridgehead atoms. The number of hydrogen-bond acceptors (Lipinski definition) is 5. The van der Waals surface area contributed by atoms with Gasteiger partial charge >= 0.3 is 0 Å². The third kappa shape index (κ3) is 3.78. The summed E-state index contributed by atoms with van der Waals surface area (Å²) in [6, 6.07) is 10.0. The van der Waals surface area contributed by atoms with Crippen molar-refractivity contribution in [1.29, 1.82) is 0 Å². The van der Waals surface area contributed by atoms with E-state index in [1.807, 2.05) is 0 Å². The highest BCUT2D eigenvalue weighted by Gasteiger charge is 2.18. The first-order chi connectivity index (χ1) is 12.0. The second-order valence-corrected chi connectivity index (χ2v) is 6.03. The van der Waals surface area contributed by atoms with E-state index in [1.54, 1.807) is 43.3 Å². The molecule has 3 rings (SSSR count). The molecule has 1 amide bonds. The smallest absolute Gasteiger partial charge is 0.267 e. The Balaban J connectivity index is 1.72. The summed E-state index contributed by atoms with van der Waals surface area (Å²) in [6.45, 7) is 1.60. The third-order valence-corrected chi connectivity index (χ3v) is 3.95. The standard InChI is InChI=1S/C16H14Cl2N4O3/c1-9(16(23)19-11-4-6-15(24-2)12(18)8-11)25-22-14-7-10(17)3-5-13(14)20-21-22/h3-9H,1-2H3,(H,19,23)/t9-/m0/s1. The number of nitrogens with zero attached hydrogens (tertiary/aromatic N) is 3. The number of anilines is 1. The molecule has 7 nitrogen and oxygen atoms in total. The van der Waals surface area contributed by atoms with Crippen LogP contribution in [0.3, 0.4) is 0 Å². The predicted octanol–water partition coefficient (Wildman–Crippen LogP) is 3.20. The van der Waals surface area contributed by atoms with E-state index >= 15 is 0 Å². The van der Waals surface area contributed by atoms with Gasteiger partial charge < -0.3 is 14.9 Å². The van der Waals surface area contributed by atoms with E-state index < -0.39 is 6.10 Å². The molecule has 1 aromatic heterocycles. The van der Waals surface area contributed by atoms with Crippen LogP contribution in [0.15, 0.2) is 36.4 Å². The van der Waals surface area contributed by atoms with Gasteiger partial charge in [0, 0.05) is 10.7 Å². The molecule has 0 spiro atoms. The molecule has 0 aliphatic rings. The lowest BCUT2D eigenvalue weighted by molar-refractivity contribution is -0.127. The molecule has 130 valence electrons. The first kappa shape index (κ1) is 17.3. The lowest BCUT2D eigenvalue weighted by atomic mass is 10.3. The molecule has 0 aliphatic heterocycles. The molecule has 25 heavy (non-hydrogen) atoms. The van der Waals surface area contributed by atoms with E-state index in [9.17, 15) is 4.79 Å². The summed E-state index contributed by atoms with van der Waals surface area (Å²) >= 11 is 12.0. The van der Waals surface area contributed by atoms with Gasteiger partial charge in [0.05, 0.1) is 12.1 Å². The van der Waals surface area contributed by atoms with E-state index in [0.29, 0.717) is 32.5 Å². The van der Waals surface area contributed by atoms with Crippen LogP contribution in [0, 0.1) is 0 Å². The topological polar surface area (TPSA) is 78.3 Å². The van der Waals surface area contributed by atoms with Crippen LogP contribution in [-0.2, 0) is 4.79 Å². The van der Waals surface area contributed by atoms with Crippen LogP contribution >= 0.6 is 23.2 Å². The Morgan fingerprint density at radius 2 is 2.04 bits per heavy atom. The van der Waals surface area contributed by atoms with Gasteiger partial charge in [-0.3, -0.25) is 4.79 Å². The Kier molecular flexibility index (Phi) is 4.96. The fourth-order valence-corrected chi connectivity index (χ4v) is 2.56. The largest absolute Gasteiger partial charge is 0.495 e. The van der Waals surface area contributed by atoms with Crippen molar-refractivity contribution in [2.24, 2.45) is 0 Å². The van der Waals surface area contributed by atoms with Gasteiger partial charge in [0.25, 0.3) is 5.91 Å². The summed E-state index contributed by atoms with van der Waals surface area (Å²) in [5.41, 5.74) is 1.70. The molecule has 2 aromatic carbocycles. The number of nitrogens with one attached hydrogen (secondary N) is 1. The second kappa shape index (κ2) is 7.16. The Hall–Kier alpha value is -2.51. The van der Waals surface area contributed by atoms with Crippen LogP contribution in [0.4, 0.5) is 5.69 Å². The molecule has 0 radical (unpaired) electrons. The number of ether oxygens (including phenoxy) is 1. The molecule has 0 unspecified atom stereocenters. The molecular weight excluding hydrogens is 367 g/mol. The fraction of sp³-hybridized carbons (Fsp3) is 0.188. The quantitative estimate of drug-likeness (QED) is 0.735. The fourth-order valence-electron chi connectivity index (χ4n) is 2.13. The highest BCUT2D eigenvalue weighted by molar-refractivity contribution is 6.32. The summed E-state index contributed by atoms with van der Waals surface area (Å²) < 4.78 is 5.07. The Labute approximate surface area is 153 Å². The van der Waals surface area contributed by atoms with Crippen molar-refractivity contribution < 1.29 is 14.4 Å². The predicted molar refractivity (Wildman–Crippen MR) is 95.2 cm³/mol. The van der Waals surface area contributed by atoms with Gasteiger partial charge in [0.15, 0.2) is 0 Å². The average Bonchev–Trinajstić information content (AvgIpc) is 2.97. The highest BCUT2D eigenvalue weighted by atomic mass is 35.5. The van der Waals surface area contributed by atoms with E-state index in [2.05, 4.69) is 15.6 Å². The van der Waals surface area contributed by atoms with Crippen molar-refractivity contribution in [3.8, 4) is 5.75 Å². The Bertz CT molecular complexity index is 929. The Morgan fingerprint density at radius 3 is 2.76 bits per heavy atom. The molecular formula is C16H14Cl2N4O3. The summed E-state index contributed by atoms with van der Waals surface area (Å²) in [7, 11) is 1.52. The van der Waals surface area contributed by atoms with Crippen LogP contribution < -0.4 is 14.9 Å². The molecule has 0 fully saturated rings. The maximum absolute atomic E-state index is 12.3. The van der Waals surface area contributed by atoms with Crippen LogP contribution in [0.2, 0.25) is 10.0 Å². The number of methoxy groups -OCH3 is 1. The van der Waals surface area contributed by atoms with Crippen LogP contribution in [0.5, 0.6) is 5.75 Å². The van der Waals surface area contributed by atoms with Crippen LogP contribution in [0.1, 0.15) is 6.92 Å². The van der Waals surface area contributed by atoms with Gasteiger partial charge in [-0.15, -0.1) is 5.10 Å². The van der Waals surface area contributed by atoms with Gasteiger partial charge in [-0.2, -0.15) is 0 Å². The van der Waals surface area contributed by atoms with Crippen molar-refractivity contribution in [3.63, 3.8) is 0 Å². The number of fused-ring (bicyclic) bond motifs is 1. The number of hydrogen-bond donors (Lipinski definition) is 1. The van der Waals surface area contributed by atoms with Crippen LogP contribution in [-0.4, -0.2) is 34.3 Å². The minimum absolute atomic E-state index is 0.369. The zero-order valence-electron chi connectivity index (χ0n) is 13.4. The maximum Gasteiger partial charge on any atom is 0.267 e. The molecule has 9 heteroatoms. The summed E-state index contributed by atoms with van der Waals surface area (Å²) in [6.07, 6.45) is -0.829. The Morgan fingerprint density at radius 1 is 1.24 bits per heavy atom. The van der Waals surface area contributed by atoms with Crippen molar-refractivity contribution in [2.75, 3.05) is 12.4 Å². The van der Waals surface area contributed by atoms with Gasteiger partial charge in [0.1, 0.15) is 16.8 Å². The van der Waals surface area contributed by atoms with Crippen molar-refractivity contribution >= 4 is 45.8 Å². The van der Waals surface area contributed by atoms with Crippen LogP contribution in [0.25, 0.3) is 11.0 Å². The SMILES string of the molecule is COc1ccc(NC(=O)[C@H](C)On2nnc3ccc(Cl)cc32)cc1Cl. The van der Waals surface area contributed by atoms with E-state index in [0.717, 1.165) is 0 Å². The number of carbonyl (C=O) groups is 1. The third-order valence-electron chi connectivity index (χ3n) is 3.42. The van der Waals surface area contributed by atoms with E-state index in [-0.39, 0.29) is 5.91 Å². The molecule has 1 heterocycles. The maximum atomic E-state index is 12.3. The van der Waals surface area contributed by atoms with Gasteiger partial charge in [-0.1, -0.05) is 28.0 Å². The molecule has 0 aliphatic carbocycles. The van der Waals surface area contributed by atoms with Crippen molar-refractivity contribution in [2.45, 2.75) is 13.0 Å². The van der Waals surface area contributed by atoms with E-state index in [4.69, 9.17) is 32.8 Å². The summed E-state index contributed by atoms with van der Waals surface area (Å²) in [4.78, 5) is 19.0. The molecule has 1 N–H and O–H groups in total. The second-order valence-electron chi connectivity index (χ2n) is 5.18. The highest BCUT2D eigenvalue weighted by Crippen LogP contribution is 2.27. The summed E-state index contributed by atoms with van der Waals surface area (Å²) in [5, 5.41) is 11.5. The number of amides is 1. The van der Waals surface area contributed by atoms with Crippen molar-refractivity contribution in [3.05, 3.63) is 46.4 Å². The molecule has 1 atom stereocenters. The number of aromatic nitrogens is 3. The first-order valence-corrected chi connectivity index (χ1v) is 8.06. The van der Waals surface area contributed by atoms with Gasteiger partial charge in [0.2, 0.25) is 6.10 Å². The first-order valence-electron chi connectivity index (χ1n) is 7.30. The zero-order chi connectivity index (χ0) is 18.0. The minimum atomic E-state index is -0.829. The lowest BCUT2D eigenvalue weighted by Gasteiger charge is -2.14. The number of halogens is 2. The molecule has 0 saturated carbocycles. The van der Waals surface area contributed by atoms with Gasteiger partial charge in [-0.25, -0.2) is 0 Å². The minimum Gasteiger partial charge on any atom is -0.495 e. The average molecular weight is 381 g/mol. The lowest BCUT2D eigenvalue weighted by Crippen LogP contribution is -2.35. The molecule has 0 saturated heterocycles. The number of carbonyl (C=O) groups excluding carboxylic acids is 1. The number of rotatable bonds is 5. The van der Waals surface area contributed by atoms with Crippen molar-refractivity contribution in [1.82, 2.24) is 15.2 Å². The zero-order valence-corrected chi connectivity index (χ0v) is 14.9.